The highest BCUT2D eigenvalue weighted by molar-refractivity contribution is 5.76. The lowest BCUT2D eigenvalue weighted by molar-refractivity contribution is -0.143. The molecular formula is C69H135NO5. The summed E-state index contributed by atoms with van der Waals surface area (Å²) < 4.78 is 5.50. The zero-order valence-corrected chi connectivity index (χ0v) is 51.1. The Kier molecular flexibility index (Phi) is 63.9. The third-order valence-corrected chi connectivity index (χ3v) is 16.3. The Morgan fingerprint density at radius 1 is 0.360 bits per heavy atom. The maximum atomic E-state index is 12.5. The largest absolute Gasteiger partial charge is 0.466 e. The molecule has 6 heteroatoms. The number of unbranched alkanes of at least 4 members (excludes halogenated alkanes) is 52. The molecule has 0 fully saturated rings. The van der Waals surface area contributed by atoms with Crippen molar-refractivity contribution in [1.82, 2.24) is 5.32 Å². The molecule has 0 aliphatic heterocycles. The van der Waals surface area contributed by atoms with E-state index in [4.69, 9.17) is 4.74 Å². The number of ether oxygens (including phenoxy) is 1. The molecule has 1 amide bonds. The van der Waals surface area contributed by atoms with E-state index >= 15 is 0 Å². The number of rotatable bonds is 65. The van der Waals surface area contributed by atoms with E-state index in [1.54, 1.807) is 0 Å². The number of aliphatic hydroxyl groups is 2. The fourth-order valence-electron chi connectivity index (χ4n) is 11.1. The summed E-state index contributed by atoms with van der Waals surface area (Å²) in [6.07, 6.45) is 79.6. The molecule has 0 rings (SSSR count). The normalized spacial score (nSPS) is 12.5. The van der Waals surface area contributed by atoms with Gasteiger partial charge in [-0.15, -0.1) is 0 Å². The zero-order chi connectivity index (χ0) is 54.3. The molecule has 0 aromatic carbocycles. The van der Waals surface area contributed by atoms with Gasteiger partial charge >= 0.3 is 5.97 Å². The Morgan fingerprint density at radius 3 is 0.947 bits per heavy atom. The van der Waals surface area contributed by atoms with Crippen molar-refractivity contribution in [2.45, 2.75) is 405 Å². The predicted octanol–water partition coefficient (Wildman–Crippen LogP) is 22.0. The van der Waals surface area contributed by atoms with Crippen LogP contribution in [0.5, 0.6) is 0 Å². The van der Waals surface area contributed by atoms with Gasteiger partial charge in [0.05, 0.1) is 25.4 Å². The van der Waals surface area contributed by atoms with Crippen molar-refractivity contribution in [3.05, 3.63) is 12.2 Å². The molecule has 0 aromatic heterocycles. The zero-order valence-electron chi connectivity index (χ0n) is 51.1. The number of hydrogen-bond donors (Lipinski definition) is 3. The maximum Gasteiger partial charge on any atom is 0.305 e. The number of aliphatic hydroxyl groups excluding tert-OH is 2. The van der Waals surface area contributed by atoms with Gasteiger partial charge in [0.1, 0.15) is 0 Å². The second-order valence-corrected chi connectivity index (χ2v) is 23.9. The van der Waals surface area contributed by atoms with Gasteiger partial charge in [0.2, 0.25) is 5.91 Å². The van der Waals surface area contributed by atoms with Gasteiger partial charge in [0, 0.05) is 12.8 Å². The average Bonchev–Trinajstić information content (AvgIpc) is 3.41. The van der Waals surface area contributed by atoms with Crippen LogP contribution in [0.1, 0.15) is 393 Å². The molecule has 0 aliphatic carbocycles. The van der Waals surface area contributed by atoms with E-state index in [1.165, 1.54) is 321 Å². The Bertz CT molecular complexity index is 1130. The summed E-state index contributed by atoms with van der Waals surface area (Å²) in [6.45, 7) is 4.99. The SMILES string of the molecule is CCCCCCCCCCCCCCCCCCCCCCC(O)C(CO)NC(=O)CCCCCCCCC/C=C\CCCCCCCCCCOC(=O)CCCCCCCCCCCCCCCCCCCCC. The van der Waals surface area contributed by atoms with Crippen molar-refractivity contribution in [3.63, 3.8) is 0 Å². The Hall–Kier alpha value is -1.40. The van der Waals surface area contributed by atoms with Crippen LogP contribution in [0.3, 0.4) is 0 Å². The number of esters is 1. The van der Waals surface area contributed by atoms with E-state index in [1.807, 2.05) is 0 Å². The Labute approximate surface area is 469 Å². The maximum absolute atomic E-state index is 12.5. The van der Waals surface area contributed by atoms with Gasteiger partial charge in [-0.25, -0.2) is 0 Å². The van der Waals surface area contributed by atoms with E-state index in [-0.39, 0.29) is 18.5 Å². The molecule has 0 aromatic rings. The Balaban J connectivity index is 3.41. The van der Waals surface area contributed by atoms with Crippen LogP contribution in [0.15, 0.2) is 12.2 Å². The van der Waals surface area contributed by atoms with Gasteiger partial charge in [0.25, 0.3) is 0 Å². The summed E-state index contributed by atoms with van der Waals surface area (Å²) >= 11 is 0. The lowest BCUT2D eigenvalue weighted by Gasteiger charge is -2.22. The van der Waals surface area contributed by atoms with Gasteiger partial charge in [-0.3, -0.25) is 9.59 Å². The summed E-state index contributed by atoms with van der Waals surface area (Å²) in [7, 11) is 0. The summed E-state index contributed by atoms with van der Waals surface area (Å²) in [4.78, 5) is 24.6. The first-order chi connectivity index (χ1) is 37.0. The molecule has 0 heterocycles. The van der Waals surface area contributed by atoms with Crippen LogP contribution in [0.2, 0.25) is 0 Å². The lowest BCUT2D eigenvalue weighted by atomic mass is 10.0. The molecule has 0 radical (unpaired) electrons. The van der Waals surface area contributed by atoms with Gasteiger partial charge < -0.3 is 20.3 Å². The molecule has 3 N–H and O–H groups in total. The molecule has 2 atom stereocenters. The molecular weight excluding hydrogens is 923 g/mol. The van der Waals surface area contributed by atoms with E-state index < -0.39 is 12.1 Å². The van der Waals surface area contributed by atoms with Crippen LogP contribution >= 0.6 is 0 Å². The minimum Gasteiger partial charge on any atom is -0.466 e. The summed E-state index contributed by atoms with van der Waals surface area (Å²) in [5, 5.41) is 23.4. The first-order valence-corrected chi connectivity index (χ1v) is 34.4. The van der Waals surface area contributed by atoms with Crippen LogP contribution in [0.25, 0.3) is 0 Å². The van der Waals surface area contributed by atoms with Crippen molar-refractivity contribution >= 4 is 11.9 Å². The number of carbonyl (C=O) groups is 2. The van der Waals surface area contributed by atoms with Crippen molar-refractivity contribution < 1.29 is 24.5 Å². The molecule has 0 saturated carbocycles. The fourth-order valence-corrected chi connectivity index (χ4v) is 11.1. The molecule has 2 unspecified atom stereocenters. The smallest absolute Gasteiger partial charge is 0.305 e. The third-order valence-electron chi connectivity index (χ3n) is 16.3. The average molecular weight is 1060 g/mol. The van der Waals surface area contributed by atoms with E-state index in [2.05, 4.69) is 31.3 Å². The predicted molar refractivity (Wildman–Crippen MR) is 329 cm³/mol. The molecule has 0 spiro atoms. The fraction of sp³-hybridized carbons (Fsp3) is 0.942. The first kappa shape index (κ1) is 73.6. The van der Waals surface area contributed by atoms with Crippen LogP contribution < -0.4 is 5.32 Å². The molecule has 446 valence electrons. The second-order valence-electron chi connectivity index (χ2n) is 23.9. The third kappa shape index (κ3) is 61.7. The van der Waals surface area contributed by atoms with Crippen LogP contribution in [0.4, 0.5) is 0 Å². The number of carbonyl (C=O) groups excluding carboxylic acids is 2. The van der Waals surface area contributed by atoms with Crippen molar-refractivity contribution in [1.29, 1.82) is 0 Å². The topological polar surface area (TPSA) is 95.9 Å². The quantitative estimate of drug-likeness (QED) is 0.0320. The van der Waals surface area contributed by atoms with Gasteiger partial charge in [-0.2, -0.15) is 0 Å². The minimum atomic E-state index is -0.671. The lowest BCUT2D eigenvalue weighted by Crippen LogP contribution is -2.45. The molecule has 6 nitrogen and oxygen atoms in total. The second kappa shape index (κ2) is 65.1. The number of nitrogens with one attached hydrogen (secondary N) is 1. The summed E-state index contributed by atoms with van der Waals surface area (Å²) in [5.41, 5.74) is 0. The van der Waals surface area contributed by atoms with Gasteiger partial charge in [-0.1, -0.05) is 341 Å². The van der Waals surface area contributed by atoms with E-state index in [0.717, 1.165) is 38.5 Å². The summed E-state index contributed by atoms with van der Waals surface area (Å²) in [6, 6.07) is -0.549. The molecule has 0 saturated heterocycles. The Morgan fingerprint density at radius 2 is 0.627 bits per heavy atom. The highest BCUT2D eigenvalue weighted by atomic mass is 16.5. The van der Waals surface area contributed by atoms with Crippen molar-refractivity contribution in [2.75, 3.05) is 13.2 Å². The van der Waals surface area contributed by atoms with E-state index in [0.29, 0.717) is 25.9 Å². The molecule has 75 heavy (non-hydrogen) atoms. The molecule has 0 bridgehead atoms. The van der Waals surface area contributed by atoms with Crippen molar-refractivity contribution in [3.8, 4) is 0 Å². The number of amides is 1. The van der Waals surface area contributed by atoms with Crippen LogP contribution in [-0.4, -0.2) is 47.4 Å². The summed E-state index contributed by atoms with van der Waals surface area (Å²) in [5.74, 6) is -0.0301. The number of allylic oxidation sites excluding steroid dienone is 2. The van der Waals surface area contributed by atoms with Gasteiger partial charge in [-0.05, 0) is 51.4 Å². The number of hydrogen-bond acceptors (Lipinski definition) is 5. The minimum absolute atomic E-state index is 0.0100. The van der Waals surface area contributed by atoms with Crippen molar-refractivity contribution in [2.24, 2.45) is 0 Å². The molecule has 0 aliphatic rings. The first-order valence-electron chi connectivity index (χ1n) is 34.4. The van der Waals surface area contributed by atoms with Crippen LogP contribution in [0, 0.1) is 0 Å². The standard InChI is InChI=1S/C69H135NO5/c1-3-5-7-9-11-13-15-17-19-21-23-26-29-33-37-41-45-49-53-57-61-67(72)66(65-71)70-68(73)62-58-54-50-46-42-38-34-30-27-24-28-32-36-40-44-48-52-56-60-64-75-69(74)63-59-55-51-47-43-39-35-31-25-22-20-18-16-14-12-10-8-6-4-2/h24,27,66-67,71-72H,3-23,25-26,28-65H2,1-2H3,(H,70,73)/b27-24-. The van der Waals surface area contributed by atoms with Gasteiger partial charge in [0.15, 0.2) is 0 Å². The highest BCUT2D eigenvalue weighted by Gasteiger charge is 2.20. The van der Waals surface area contributed by atoms with Crippen LogP contribution in [-0.2, 0) is 14.3 Å². The monoisotopic (exact) mass is 1060 g/mol. The highest BCUT2D eigenvalue weighted by Crippen LogP contribution is 2.19. The van der Waals surface area contributed by atoms with E-state index in [9.17, 15) is 19.8 Å².